The van der Waals surface area contributed by atoms with E-state index in [0.717, 1.165) is 29.9 Å². The van der Waals surface area contributed by atoms with E-state index >= 15 is 0 Å². The van der Waals surface area contributed by atoms with Gasteiger partial charge >= 0.3 is 0 Å². The van der Waals surface area contributed by atoms with Crippen LogP contribution in [0.5, 0.6) is 11.5 Å². The van der Waals surface area contributed by atoms with E-state index in [-0.39, 0.29) is 0 Å². The lowest BCUT2D eigenvalue weighted by molar-refractivity contribution is 0.476. The molecule has 0 saturated carbocycles. The molecular formula is C16H18ClNO. The molecule has 0 unspecified atom stereocenters. The molecule has 19 heavy (non-hydrogen) atoms. The summed E-state index contributed by atoms with van der Waals surface area (Å²) >= 11 is 6.02. The third-order valence-corrected chi connectivity index (χ3v) is 3.24. The van der Waals surface area contributed by atoms with E-state index in [1.807, 2.05) is 30.3 Å². The Kier molecular flexibility index (Phi) is 4.83. The average Bonchev–Trinajstić information content (AvgIpc) is 2.43. The Morgan fingerprint density at radius 2 is 1.84 bits per heavy atom. The van der Waals surface area contributed by atoms with Crippen LogP contribution in [0.15, 0.2) is 42.5 Å². The fourth-order valence-electron chi connectivity index (χ4n) is 1.91. The van der Waals surface area contributed by atoms with Crippen molar-refractivity contribution in [2.24, 2.45) is 5.73 Å². The highest BCUT2D eigenvalue weighted by Gasteiger charge is 2.05. The molecule has 0 radical (unpaired) electrons. The van der Waals surface area contributed by atoms with Crippen molar-refractivity contribution in [2.45, 2.75) is 19.8 Å². The summed E-state index contributed by atoms with van der Waals surface area (Å²) in [5.74, 6) is 1.60. The van der Waals surface area contributed by atoms with E-state index in [1.54, 1.807) is 0 Å². The Morgan fingerprint density at radius 1 is 1.11 bits per heavy atom. The smallest absolute Gasteiger partial charge is 0.132 e. The van der Waals surface area contributed by atoms with Gasteiger partial charge in [-0.05, 0) is 54.8 Å². The first-order valence-electron chi connectivity index (χ1n) is 6.48. The third-order valence-electron chi connectivity index (χ3n) is 3.00. The standard InChI is InChI=1S/C16H18ClNO/c1-2-12-3-7-15(8-4-12)19-16-11-14(17)6-5-13(16)9-10-18/h3-8,11H,2,9-10,18H2,1H3. The topological polar surface area (TPSA) is 35.2 Å². The van der Waals surface area contributed by atoms with Crippen LogP contribution in [0.1, 0.15) is 18.1 Å². The summed E-state index contributed by atoms with van der Waals surface area (Å²) in [5, 5.41) is 0.668. The largest absolute Gasteiger partial charge is 0.457 e. The molecule has 0 aromatic heterocycles. The summed E-state index contributed by atoms with van der Waals surface area (Å²) in [5.41, 5.74) is 7.98. The third kappa shape index (κ3) is 3.72. The maximum atomic E-state index is 6.02. The number of rotatable bonds is 5. The summed E-state index contributed by atoms with van der Waals surface area (Å²) in [6, 6.07) is 13.8. The van der Waals surface area contributed by atoms with Crippen LogP contribution in [-0.4, -0.2) is 6.54 Å². The quantitative estimate of drug-likeness (QED) is 0.888. The minimum absolute atomic E-state index is 0.590. The molecule has 0 fully saturated rings. The van der Waals surface area contributed by atoms with Gasteiger partial charge in [0.05, 0.1) is 0 Å². The van der Waals surface area contributed by atoms with E-state index in [4.69, 9.17) is 22.1 Å². The van der Waals surface area contributed by atoms with Crippen LogP contribution in [0, 0.1) is 0 Å². The molecule has 0 bridgehead atoms. The van der Waals surface area contributed by atoms with Crippen LogP contribution >= 0.6 is 11.6 Å². The van der Waals surface area contributed by atoms with Gasteiger partial charge < -0.3 is 10.5 Å². The molecule has 3 heteroatoms. The van der Waals surface area contributed by atoms with Crippen molar-refractivity contribution in [3.63, 3.8) is 0 Å². The van der Waals surface area contributed by atoms with Crippen molar-refractivity contribution < 1.29 is 4.74 Å². The molecule has 100 valence electrons. The SMILES string of the molecule is CCc1ccc(Oc2cc(Cl)ccc2CCN)cc1. The molecule has 2 N–H and O–H groups in total. The van der Waals surface area contributed by atoms with E-state index in [9.17, 15) is 0 Å². The molecule has 0 amide bonds. The fraction of sp³-hybridized carbons (Fsp3) is 0.250. The lowest BCUT2D eigenvalue weighted by Crippen LogP contribution is -2.04. The highest BCUT2D eigenvalue weighted by Crippen LogP contribution is 2.29. The van der Waals surface area contributed by atoms with Gasteiger partial charge in [0.15, 0.2) is 0 Å². The first-order valence-corrected chi connectivity index (χ1v) is 6.86. The van der Waals surface area contributed by atoms with E-state index in [0.29, 0.717) is 11.6 Å². The molecule has 0 atom stereocenters. The van der Waals surface area contributed by atoms with Gasteiger partial charge in [0.2, 0.25) is 0 Å². The highest BCUT2D eigenvalue weighted by molar-refractivity contribution is 6.30. The van der Waals surface area contributed by atoms with E-state index in [2.05, 4.69) is 19.1 Å². The zero-order valence-corrected chi connectivity index (χ0v) is 11.8. The number of hydrogen-bond acceptors (Lipinski definition) is 2. The van der Waals surface area contributed by atoms with Gasteiger partial charge in [-0.2, -0.15) is 0 Å². The Bertz CT molecular complexity index is 537. The summed E-state index contributed by atoms with van der Waals surface area (Å²) in [4.78, 5) is 0. The molecule has 2 rings (SSSR count). The fourth-order valence-corrected chi connectivity index (χ4v) is 2.07. The predicted octanol–water partition coefficient (Wildman–Crippen LogP) is 4.20. The van der Waals surface area contributed by atoms with Gasteiger partial charge in [-0.3, -0.25) is 0 Å². The first-order chi connectivity index (χ1) is 9.22. The maximum absolute atomic E-state index is 6.02. The van der Waals surface area contributed by atoms with Crippen LogP contribution < -0.4 is 10.5 Å². The summed E-state index contributed by atoms with van der Waals surface area (Å²) in [6.45, 7) is 2.72. The molecule has 0 saturated heterocycles. The van der Waals surface area contributed by atoms with Gasteiger partial charge in [0.25, 0.3) is 0 Å². The van der Waals surface area contributed by atoms with Crippen molar-refractivity contribution in [1.29, 1.82) is 0 Å². The highest BCUT2D eigenvalue weighted by atomic mass is 35.5. The zero-order chi connectivity index (χ0) is 13.7. The molecule has 0 aliphatic rings. The average molecular weight is 276 g/mol. The normalized spacial score (nSPS) is 10.5. The van der Waals surface area contributed by atoms with Gasteiger partial charge in [-0.25, -0.2) is 0 Å². The van der Waals surface area contributed by atoms with Crippen LogP contribution in [-0.2, 0) is 12.8 Å². The number of nitrogens with two attached hydrogens (primary N) is 1. The predicted molar refractivity (Wildman–Crippen MR) is 80.1 cm³/mol. The second-order valence-electron chi connectivity index (χ2n) is 4.39. The van der Waals surface area contributed by atoms with E-state index in [1.165, 1.54) is 5.56 Å². The van der Waals surface area contributed by atoms with Crippen molar-refractivity contribution in [3.05, 3.63) is 58.6 Å². The molecule has 0 spiro atoms. The molecule has 2 nitrogen and oxygen atoms in total. The molecule has 0 aliphatic heterocycles. The van der Waals surface area contributed by atoms with Crippen LogP contribution in [0.25, 0.3) is 0 Å². The number of ether oxygens (including phenoxy) is 1. The molecule has 2 aromatic rings. The van der Waals surface area contributed by atoms with Crippen LogP contribution in [0.4, 0.5) is 0 Å². The summed E-state index contributed by atoms with van der Waals surface area (Å²) in [6.07, 6.45) is 1.80. The lowest BCUT2D eigenvalue weighted by Gasteiger charge is -2.11. The minimum atomic E-state index is 0.590. The van der Waals surface area contributed by atoms with E-state index < -0.39 is 0 Å². The van der Waals surface area contributed by atoms with Gasteiger partial charge in [-0.1, -0.05) is 36.7 Å². The van der Waals surface area contributed by atoms with Crippen LogP contribution in [0.2, 0.25) is 5.02 Å². The number of hydrogen-bond donors (Lipinski definition) is 1. The van der Waals surface area contributed by atoms with Gasteiger partial charge in [-0.15, -0.1) is 0 Å². The lowest BCUT2D eigenvalue weighted by atomic mass is 10.1. The summed E-state index contributed by atoms with van der Waals surface area (Å²) in [7, 11) is 0. The second kappa shape index (κ2) is 6.60. The van der Waals surface area contributed by atoms with Crippen molar-refractivity contribution in [2.75, 3.05) is 6.54 Å². The summed E-state index contributed by atoms with van der Waals surface area (Å²) < 4.78 is 5.90. The monoisotopic (exact) mass is 275 g/mol. The molecular weight excluding hydrogens is 258 g/mol. The van der Waals surface area contributed by atoms with Crippen molar-refractivity contribution >= 4 is 11.6 Å². The molecule has 0 aliphatic carbocycles. The van der Waals surface area contributed by atoms with Crippen molar-refractivity contribution in [3.8, 4) is 11.5 Å². The minimum Gasteiger partial charge on any atom is -0.457 e. The Labute approximate surface area is 119 Å². The Balaban J connectivity index is 2.23. The number of halogens is 1. The van der Waals surface area contributed by atoms with Crippen LogP contribution in [0.3, 0.4) is 0 Å². The first kappa shape index (κ1) is 13.9. The van der Waals surface area contributed by atoms with Crippen molar-refractivity contribution in [1.82, 2.24) is 0 Å². The Hall–Kier alpha value is -1.51. The number of benzene rings is 2. The molecule has 0 heterocycles. The number of aryl methyl sites for hydroxylation is 1. The Morgan fingerprint density at radius 3 is 2.47 bits per heavy atom. The zero-order valence-electron chi connectivity index (χ0n) is 11.0. The maximum Gasteiger partial charge on any atom is 0.132 e. The molecule has 2 aromatic carbocycles. The van der Waals surface area contributed by atoms with Gasteiger partial charge in [0.1, 0.15) is 11.5 Å². The van der Waals surface area contributed by atoms with Gasteiger partial charge in [0, 0.05) is 5.02 Å². The second-order valence-corrected chi connectivity index (χ2v) is 4.83.